The Morgan fingerprint density at radius 3 is 2.62 bits per heavy atom. The van der Waals surface area contributed by atoms with E-state index in [2.05, 4.69) is 5.32 Å². The largest absolute Gasteiger partial charge is 0.477 e. The van der Waals surface area contributed by atoms with Crippen LogP contribution in [0, 0.1) is 6.92 Å². The Hall–Kier alpha value is -1.36. The maximum Gasteiger partial charge on any atom is 0.348 e. The molecule has 2 N–H and O–H groups in total. The van der Waals surface area contributed by atoms with Gasteiger partial charge in [0.1, 0.15) is 4.88 Å². The Morgan fingerprint density at radius 1 is 1.54 bits per heavy atom. The molecule has 70 valence electrons. The number of rotatable bonds is 2. The van der Waals surface area contributed by atoms with Gasteiger partial charge >= 0.3 is 5.97 Å². The number of nitrogens with one attached hydrogen (secondary N) is 1. The number of aryl methyl sites for hydroxylation is 1. The van der Waals surface area contributed by atoms with Gasteiger partial charge in [-0.2, -0.15) is 0 Å². The molecule has 0 unspecified atom stereocenters. The van der Waals surface area contributed by atoms with E-state index in [-0.39, 0.29) is 10.8 Å². The Balaban J connectivity index is 3.08. The second-order valence-corrected chi connectivity index (χ2v) is 3.49. The van der Waals surface area contributed by atoms with E-state index in [4.69, 9.17) is 5.11 Å². The van der Waals surface area contributed by atoms with E-state index in [1.165, 1.54) is 6.92 Å². The van der Waals surface area contributed by atoms with Gasteiger partial charge in [-0.05, 0) is 17.9 Å². The molecule has 1 heterocycles. The number of carbonyl (C=O) groups is 2. The predicted molar refractivity (Wildman–Crippen MR) is 50.3 cm³/mol. The molecule has 0 aliphatic heterocycles. The summed E-state index contributed by atoms with van der Waals surface area (Å²) in [6.45, 7) is 3.11. The minimum absolute atomic E-state index is 0.174. The number of carbonyl (C=O) groups excluding carboxylic acids is 1. The van der Waals surface area contributed by atoms with E-state index in [0.717, 1.165) is 16.9 Å². The summed E-state index contributed by atoms with van der Waals surface area (Å²) in [5, 5.41) is 12.9. The lowest BCUT2D eigenvalue weighted by Crippen LogP contribution is -2.09. The quantitative estimate of drug-likeness (QED) is 0.762. The van der Waals surface area contributed by atoms with Gasteiger partial charge < -0.3 is 10.4 Å². The number of amides is 1. The smallest absolute Gasteiger partial charge is 0.348 e. The van der Waals surface area contributed by atoms with Gasteiger partial charge in [0.15, 0.2) is 0 Å². The maximum atomic E-state index is 10.7. The molecular formula is C8H9NO3S. The molecule has 1 aromatic heterocycles. The van der Waals surface area contributed by atoms with Crippen LogP contribution in [0.15, 0.2) is 5.38 Å². The Bertz CT molecular complexity index is 356. The molecule has 5 heteroatoms. The van der Waals surface area contributed by atoms with Crippen LogP contribution in [0.3, 0.4) is 0 Å². The molecule has 1 rings (SSSR count). The van der Waals surface area contributed by atoms with Crippen molar-refractivity contribution >= 4 is 28.9 Å². The molecule has 0 radical (unpaired) electrons. The van der Waals surface area contributed by atoms with E-state index in [9.17, 15) is 9.59 Å². The molecule has 0 aliphatic rings. The number of hydrogen-bond acceptors (Lipinski definition) is 3. The summed E-state index contributed by atoms with van der Waals surface area (Å²) in [6, 6.07) is 0. The average Bonchev–Trinajstić information content (AvgIpc) is 2.32. The van der Waals surface area contributed by atoms with Crippen molar-refractivity contribution in [1.82, 2.24) is 0 Å². The standard InChI is InChI=1S/C8H9NO3S/c1-4-3-13-7(8(11)12)6(4)9-5(2)10/h3H,1-2H3,(H,9,10)(H,11,12). The van der Waals surface area contributed by atoms with E-state index in [1.807, 2.05) is 0 Å². The molecule has 0 saturated heterocycles. The van der Waals surface area contributed by atoms with Crippen LogP contribution in [0.4, 0.5) is 5.69 Å². The summed E-state index contributed by atoms with van der Waals surface area (Å²) < 4.78 is 0. The van der Waals surface area contributed by atoms with E-state index >= 15 is 0 Å². The van der Waals surface area contributed by atoms with Crippen molar-refractivity contribution in [3.05, 3.63) is 15.8 Å². The number of anilines is 1. The Morgan fingerprint density at radius 2 is 2.15 bits per heavy atom. The number of hydrogen-bond donors (Lipinski definition) is 2. The topological polar surface area (TPSA) is 66.4 Å². The van der Waals surface area contributed by atoms with Crippen molar-refractivity contribution in [2.45, 2.75) is 13.8 Å². The first-order valence-electron chi connectivity index (χ1n) is 3.61. The number of aromatic carboxylic acids is 1. The summed E-state index contributed by atoms with van der Waals surface area (Å²) in [7, 11) is 0. The second-order valence-electron chi connectivity index (χ2n) is 2.61. The first-order chi connectivity index (χ1) is 6.02. The van der Waals surface area contributed by atoms with Gasteiger partial charge in [0.05, 0.1) is 5.69 Å². The summed E-state index contributed by atoms with van der Waals surface area (Å²) in [4.78, 5) is 21.6. The van der Waals surface area contributed by atoms with Crippen LogP contribution in [-0.4, -0.2) is 17.0 Å². The summed E-state index contributed by atoms with van der Waals surface area (Å²) in [5.41, 5.74) is 1.18. The fourth-order valence-electron chi connectivity index (χ4n) is 0.933. The van der Waals surface area contributed by atoms with Gasteiger partial charge in [0.25, 0.3) is 0 Å². The van der Waals surface area contributed by atoms with E-state index in [1.54, 1.807) is 12.3 Å². The molecule has 0 atom stereocenters. The third kappa shape index (κ3) is 2.06. The number of carboxylic acids is 1. The molecule has 0 aromatic carbocycles. The fourth-order valence-corrected chi connectivity index (χ4v) is 1.78. The normalized spacial score (nSPS) is 9.69. The Kier molecular flexibility index (Phi) is 2.67. The SMILES string of the molecule is CC(=O)Nc1c(C)csc1C(=O)O. The lowest BCUT2D eigenvalue weighted by molar-refractivity contribution is -0.114. The fraction of sp³-hybridized carbons (Fsp3) is 0.250. The molecule has 0 bridgehead atoms. The van der Waals surface area contributed by atoms with Crippen LogP contribution in [0.1, 0.15) is 22.2 Å². The van der Waals surface area contributed by atoms with Crippen LogP contribution in [-0.2, 0) is 4.79 Å². The van der Waals surface area contributed by atoms with Crippen LogP contribution >= 0.6 is 11.3 Å². The van der Waals surface area contributed by atoms with Crippen molar-refractivity contribution < 1.29 is 14.7 Å². The molecule has 1 amide bonds. The Labute approximate surface area is 79.2 Å². The van der Waals surface area contributed by atoms with Crippen molar-refractivity contribution in [2.75, 3.05) is 5.32 Å². The third-order valence-electron chi connectivity index (χ3n) is 1.47. The number of thiophene rings is 1. The molecule has 4 nitrogen and oxygen atoms in total. The molecule has 0 aliphatic carbocycles. The first kappa shape index (κ1) is 9.73. The third-order valence-corrected chi connectivity index (χ3v) is 2.56. The van der Waals surface area contributed by atoms with Crippen LogP contribution < -0.4 is 5.32 Å². The van der Waals surface area contributed by atoms with E-state index in [0.29, 0.717) is 5.69 Å². The summed E-state index contributed by atoms with van der Waals surface area (Å²) in [5.74, 6) is -1.27. The van der Waals surface area contributed by atoms with Crippen LogP contribution in [0.25, 0.3) is 0 Å². The van der Waals surface area contributed by atoms with E-state index < -0.39 is 5.97 Å². The maximum absolute atomic E-state index is 10.7. The highest BCUT2D eigenvalue weighted by Gasteiger charge is 2.15. The van der Waals surface area contributed by atoms with Crippen molar-refractivity contribution in [3.8, 4) is 0 Å². The molecule has 0 fully saturated rings. The van der Waals surface area contributed by atoms with Crippen molar-refractivity contribution in [3.63, 3.8) is 0 Å². The number of carboxylic acid groups (broad SMARTS) is 1. The minimum Gasteiger partial charge on any atom is -0.477 e. The first-order valence-corrected chi connectivity index (χ1v) is 4.49. The van der Waals surface area contributed by atoms with Crippen molar-refractivity contribution in [2.24, 2.45) is 0 Å². The van der Waals surface area contributed by atoms with Crippen molar-refractivity contribution in [1.29, 1.82) is 0 Å². The zero-order valence-corrected chi connectivity index (χ0v) is 8.07. The monoisotopic (exact) mass is 199 g/mol. The minimum atomic E-state index is -1.01. The lowest BCUT2D eigenvalue weighted by atomic mass is 10.2. The summed E-state index contributed by atoms with van der Waals surface area (Å²) in [6.07, 6.45) is 0. The zero-order valence-electron chi connectivity index (χ0n) is 7.25. The highest BCUT2D eigenvalue weighted by atomic mass is 32.1. The summed E-state index contributed by atoms with van der Waals surface area (Å²) >= 11 is 1.11. The molecule has 0 spiro atoms. The van der Waals surface area contributed by atoms with Gasteiger partial charge in [-0.15, -0.1) is 11.3 Å². The predicted octanol–water partition coefficient (Wildman–Crippen LogP) is 1.71. The molecule has 13 heavy (non-hydrogen) atoms. The van der Waals surface area contributed by atoms with Gasteiger partial charge in [0, 0.05) is 6.92 Å². The molecule has 1 aromatic rings. The van der Waals surface area contributed by atoms with Gasteiger partial charge in [-0.3, -0.25) is 4.79 Å². The lowest BCUT2D eigenvalue weighted by Gasteiger charge is -2.01. The highest BCUT2D eigenvalue weighted by molar-refractivity contribution is 7.12. The van der Waals surface area contributed by atoms with Crippen LogP contribution in [0.5, 0.6) is 0 Å². The second kappa shape index (κ2) is 3.57. The average molecular weight is 199 g/mol. The van der Waals surface area contributed by atoms with Gasteiger partial charge in [-0.25, -0.2) is 4.79 Å². The highest BCUT2D eigenvalue weighted by Crippen LogP contribution is 2.27. The van der Waals surface area contributed by atoms with Gasteiger partial charge in [0.2, 0.25) is 5.91 Å². The van der Waals surface area contributed by atoms with Crippen LogP contribution in [0.2, 0.25) is 0 Å². The molecular weight excluding hydrogens is 190 g/mol. The zero-order chi connectivity index (χ0) is 10.0. The van der Waals surface area contributed by atoms with Gasteiger partial charge in [-0.1, -0.05) is 0 Å². The molecule has 0 saturated carbocycles.